The molecule has 8 heteroatoms. The number of carbonyl (C=O) groups excluding carboxylic acids is 1. The summed E-state index contributed by atoms with van der Waals surface area (Å²) in [4.78, 5) is 24.3. The number of alkyl carbamates (subject to hydrolysis) is 1. The fourth-order valence-corrected chi connectivity index (χ4v) is 4.16. The van der Waals surface area contributed by atoms with E-state index in [-0.39, 0.29) is 13.0 Å². The summed E-state index contributed by atoms with van der Waals surface area (Å²) in [5.41, 5.74) is 3.40. The van der Waals surface area contributed by atoms with Gasteiger partial charge in [-0.2, -0.15) is 0 Å². The Hall–Kier alpha value is -3.54. The molecule has 0 saturated heterocycles. The first kappa shape index (κ1) is 25.1. The van der Waals surface area contributed by atoms with E-state index in [1.165, 1.54) is 6.92 Å². The number of carboxylic acids is 1. The van der Waals surface area contributed by atoms with Gasteiger partial charge in [-0.25, -0.2) is 4.79 Å². The molecule has 7 nitrogen and oxygen atoms in total. The number of benzene rings is 3. The molecule has 0 aliphatic carbocycles. The Morgan fingerprint density at radius 2 is 1.47 bits per heavy atom. The van der Waals surface area contributed by atoms with Crippen LogP contribution in [0, 0.1) is 5.92 Å². The molecule has 0 spiro atoms. The van der Waals surface area contributed by atoms with Crippen molar-refractivity contribution in [2.45, 2.75) is 31.3 Å². The minimum atomic E-state index is -2.25. The summed E-state index contributed by atoms with van der Waals surface area (Å²) >= 11 is 0. The van der Waals surface area contributed by atoms with Crippen molar-refractivity contribution in [3.63, 3.8) is 0 Å². The molecule has 0 radical (unpaired) electrons. The minimum Gasteiger partial charge on any atom is -0.481 e. The van der Waals surface area contributed by atoms with Crippen LogP contribution in [0.3, 0.4) is 0 Å². The number of hydrogen-bond donors (Lipinski definition) is 3. The molecule has 34 heavy (non-hydrogen) atoms. The van der Waals surface area contributed by atoms with Crippen LogP contribution >= 0.6 is 8.46 Å². The number of ether oxygens (including phenoxy) is 1. The number of rotatable bonds is 10. The van der Waals surface area contributed by atoms with Gasteiger partial charge in [0.1, 0.15) is 12.5 Å². The number of amides is 1. The Bertz CT molecular complexity index is 1110. The van der Waals surface area contributed by atoms with E-state index in [4.69, 9.17) is 4.74 Å². The molecule has 0 heterocycles. The minimum absolute atomic E-state index is 0.00301. The summed E-state index contributed by atoms with van der Waals surface area (Å²) in [6.07, 6.45) is -0.934. The third-order valence-electron chi connectivity index (χ3n) is 5.64. The number of nitrogens with one attached hydrogen (secondary N) is 1. The van der Waals surface area contributed by atoms with Crippen LogP contribution in [0.15, 0.2) is 84.9 Å². The monoisotopic (exact) mass is 479 g/mol. The molecule has 0 bridgehead atoms. The summed E-state index contributed by atoms with van der Waals surface area (Å²) in [6.45, 7) is 1.39. The molecule has 1 amide bonds. The zero-order chi connectivity index (χ0) is 24.6. The first-order valence-electron chi connectivity index (χ1n) is 10.7. The summed E-state index contributed by atoms with van der Waals surface area (Å²) in [5.74, 6) is -2.78. The number of hydrogen-bond acceptors (Lipinski definition) is 5. The third kappa shape index (κ3) is 6.28. The van der Waals surface area contributed by atoms with Gasteiger partial charge in [0.25, 0.3) is 0 Å². The van der Waals surface area contributed by atoms with Crippen LogP contribution in [-0.4, -0.2) is 33.7 Å². The van der Waals surface area contributed by atoms with Gasteiger partial charge in [0.15, 0.2) is 13.8 Å². The van der Waals surface area contributed by atoms with Crippen molar-refractivity contribution >= 4 is 20.5 Å². The molecule has 0 aliphatic rings. The van der Waals surface area contributed by atoms with Crippen molar-refractivity contribution in [3.05, 3.63) is 96.1 Å². The Morgan fingerprint density at radius 1 is 0.912 bits per heavy atom. The van der Waals surface area contributed by atoms with E-state index >= 15 is 0 Å². The Kier molecular flexibility index (Phi) is 8.52. The van der Waals surface area contributed by atoms with Crippen LogP contribution in [0.1, 0.15) is 18.1 Å². The first-order valence-corrected chi connectivity index (χ1v) is 11.6. The standard InChI is InChI=1S/C26H26NO6P/c1-18(27-25(30)33-17-20-8-4-2-5-9-20)26(31,34-32)23(24(28)29)16-19-12-14-22(15-13-19)21-10-6-3-7-11-21/h2-15,18,23,31H,16-17H2,1H3,(H,27,30)(H,28,29). The van der Waals surface area contributed by atoms with E-state index < -0.39 is 37.8 Å². The van der Waals surface area contributed by atoms with Crippen LogP contribution in [0.4, 0.5) is 4.79 Å². The molecule has 0 fully saturated rings. The highest BCUT2D eigenvalue weighted by Gasteiger charge is 2.48. The van der Waals surface area contributed by atoms with Gasteiger partial charge in [0, 0.05) is 0 Å². The van der Waals surface area contributed by atoms with Gasteiger partial charge in [-0.05, 0) is 35.6 Å². The molecular weight excluding hydrogens is 453 g/mol. The predicted molar refractivity (Wildman–Crippen MR) is 128 cm³/mol. The van der Waals surface area contributed by atoms with Gasteiger partial charge in [0.05, 0.1) is 6.04 Å². The maximum Gasteiger partial charge on any atom is 0.407 e. The van der Waals surface area contributed by atoms with Crippen molar-refractivity contribution < 1.29 is 29.1 Å². The van der Waals surface area contributed by atoms with Crippen molar-refractivity contribution in [2.75, 3.05) is 0 Å². The normalized spacial score (nSPS) is 14.5. The van der Waals surface area contributed by atoms with E-state index in [0.29, 0.717) is 5.56 Å². The maximum atomic E-state index is 12.2. The molecule has 3 N–H and O–H groups in total. The molecule has 176 valence electrons. The van der Waals surface area contributed by atoms with Gasteiger partial charge >= 0.3 is 12.1 Å². The lowest BCUT2D eigenvalue weighted by atomic mass is 9.89. The van der Waals surface area contributed by atoms with Crippen molar-refractivity contribution in [1.29, 1.82) is 0 Å². The van der Waals surface area contributed by atoms with Gasteiger partial charge in [-0.15, -0.1) is 0 Å². The zero-order valence-corrected chi connectivity index (χ0v) is 19.5. The smallest absolute Gasteiger partial charge is 0.407 e. The Balaban J connectivity index is 1.69. The molecule has 3 aromatic carbocycles. The number of carboxylic acid groups (broad SMARTS) is 1. The van der Waals surface area contributed by atoms with Gasteiger partial charge in [0.2, 0.25) is 0 Å². The van der Waals surface area contributed by atoms with Crippen LogP contribution < -0.4 is 5.32 Å². The highest BCUT2D eigenvalue weighted by molar-refractivity contribution is 7.25. The van der Waals surface area contributed by atoms with Crippen LogP contribution in [0.2, 0.25) is 0 Å². The predicted octanol–water partition coefficient (Wildman–Crippen LogP) is 4.89. The number of carbonyl (C=O) groups is 2. The second kappa shape index (κ2) is 11.5. The van der Waals surface area contributed by atoms with E-state index in [9.17, 15) is 24.4 Å². The topological polar surface area (TPSA) is 113 Å². The second-order valence-corrected chi connectivity index (χ2v) is 8.86. The van der Waals surface area contributed by atoms with Gasteiger partial charge < -0.3 is 20.3 Å². The van der Waals surface area contributed by atoms with Crippen molar-refractivity contribution in [3.8, 4) is 11.1 Å². The summed E-state index contributed by atoms with van der Waals surface area (Å²) < 4.78 is 17.1. The molecule has 0 aromatic heterocycles. The summed E-state index contributed by atoms with van der Waals surface area (Å²) in [7, 11) is -0.821. The lowest BCUT2D eigenvalue weighted by Crippen LogP contribution is -2.54. The number of aliphatic carboxylic acids is 1. The highest BCUT2D eigenvalue weighted by Crippen LogP contribution is 2.36. The zero-order valence-electron chi connectivity index (χ0n) is 18.6. The first-order chi connectivity index (χ1) is 16.3. The lowest BCUT2D eigenvalue weighted by Gasteiger charge is -2.33. The summed E-state index contributed by atoms with van der Waals surface area (Å²) in [6, 6.07) is 24.8. The number of aliphatic hydroxyl groups is 1. The molecule has 3 unspecified atom stereocenters. The average Bonchev–Trinajstić information content (AvgIpc) is 2.87. The SMILES string of the molecule is CC(NC(=O)OCc1ccccc1)C(O)(P=O)C(Cc1ccc(-c2ccccc2)cc1)C(=O)O. The van der Waals surface area contributed by atoms with Crippen LogP contribution in [0.5, 0.6) is 0 Å². The van der Waals surface area contributed by atoms with E-state index in [0.717, 1.165) is 16.7 Å². The van der Waals surface area contributed by atoms with E-state index in [1.54, 1.807) is 36.4 Å². The largest absolute Gasteiger partial charge is 0.481 e. The Morgan fingerprint density at radius 3 is 2.03 bits per heavy atom. The van der Waals surface area contributed by atoms with Gasteiger partial charge in [-0.1, -0.05) is 84.9 Å². The average molecular weight is 479 g/mol. The fraction of sp³-hybridized carbons (Fsp3) is 0.231. The van der Waals surface area contributed by atoms with E-state index in [1.807, 2.05) is 48.5 Å². The highest BCUT2D eigenvalue weighted by atomic mass is 31.1. The molecular formula is C26H26NO6P. The van der Waals surface area contributed by atoms with Crippen LogP contribution in [-0.2, 0) is 27.1 Å². The van der Waals surface area contributed by atoms with Crippen molar-refractivity contribution in [2.24, 2.45) is 5.92 Å². The van der Waals surface area contributed by atoms with Gasteiger partial charge in [-0.3, -0.25) is 9.36 Å². The van der Waals surface area contributed by atoms with E-state index in [2.05, 4.69) is 5.32 Å². The molecule has 3 aromatic rings. The van der Waals surface area contributed by atoms with Crippen molar-refractivity contribution in [1.82, 2.24) is 5.32 Å². The molecule has 3 atom stereocenters. The Labute approximate surface area is 199 Å². The second-order valence-electron chi connectivity index (χ2n) is 7.96. The fourth-order valence-electron chi connectivity index (χ4n) is 3.61. The molecule has 3 rings (SSSR count). The summed E-state index contributed by atoms with van der Waals surface area (Å²) in [5, 5.41) is 21.1. The van der Waals surface area contributed by atoms with Crippen LogP contribution in [0.25, 0.3) is 11.1 Å². The third-order valence-corrected chi connectivity index (χ3v) is 6.63. The molecule has 0 aliphatic heterocycles. The molecule has 0 saturated carbocycles. The maximum absolute atomic E-state index is 12.2. The quantitative estimate of drug-likeness (QED) is 0.357. The lowest BCUT2D eigenvalue weighted by molar-refractivity contribution is -0.148.